The minimum Gasteiger partial charge on any atom is -0.508 e. The highest BCUT2D eigenvalue weighted by atomic mass is 79.9. The van der Waals surface area contributed by atoms with E-state index in [1.165, 1.54) is 26.2 Å². The lowest BCUT2D eigenvalue weighted by Crippen LogP contribution is -2.28. The molecule has 2 atom stereocenters. The quantitative estimate of drug-likeness (QED) is 0.303. The first-order chi connectivity index (χ1) is 15.2. The smallest absolute Gasteiger partial charge is 0.412 e. The molecule has 0 fully saturated rings. The zero-order chi connectivity index (χ0) is 23.7. The molecule has 0 saturated carbocycles. The van der Waals surface area contributed by atoms with Gasteiger partial charge in [-0.15, -0.1) is 0 Å². The SMILES string of the molecule is CO[C@H](CC/C=C/C(=O)O)[C@H](OC(=O)Nc1ccc(C(C)=O)cc1)c1cc(Br)ccc1O. The van der Waals surface area contributed by atoms with Gasteiger partial charge in [-0.25, -0.2) is 9.59 Å². The van der Waals surface area contributed by atoms with Crippen molar-refractivity contribution in [2.75, 3.05) is 12.4 Å². The van der Waals surface area contributed by atoms with Gasteiger partial charge in [0.05, 0.1) is 6.10 Å². The van der Waals surface area contributed by atoms with E-state index in [4.69, 9.17) is 14.6 Å². The molecule has 0 aliphatic rings. The number of nitrogens with one attached hydrogen (secondary N) is 1. The Morgan fingerprint density at radius 3 is 2.44 bits per heavy atom. The molecule has 2 rings (SSSR count). The number of rotatable bonds is 10. The number of aromatic hydroxyl groups is 1. The Balaban J connectivity index is 2.22. The van der Waals surface area contributed by atoms with Gasteiger partial charge in [-0.05, 0) is 62.2 Å². The predicted octanol–water partition coefficient (Wildman–Crippen LogP) is 5.08. The van der Waals surface area contributed by atoms with Crippen LogP contribution in [0, 0.1) is 0 Å². The zero-order valence-electron chi connectivity index (χ0n) is 17.6. The number of carbonyl (C=O) groups is 3. The first-order valence-electron chi connectivity index (χ1n) is 9.70. The van der Waals surface area contributed by atoms with Crippen molar-refractivity contribution in [1.82, 2.24) is 0 Å². The van der Waals surface area contributed by atoms with Crippen LogP contribution in [0.2, 0.25) is 0 Å². The van der Waals surface area contributed by atoms with E-state index in [1.807, 2.05) is 0 Å². The second-order valence-corrected chi connectivity index (χ2v) is 7.80. The predicted molar refractivity (Wildman–Crippen MR) is 122 cm³/mol. The van der Waals surface area contributed by atoms with E-state index >= 15 is 0 Å². The molecule has 3 N–H and O–H groups in total. The van der Waals surface area contributed by atoms with Crippen molar-refractivity contribution in [2.45, 2.75) is 32.0 Å². The zero-order valence-corrected chi connectivity index (χ0v) is 19.2. The number of Topliss-reactive ketones (excluding diaryl/α,β-unsaturated/α-hetero) is 1. The minimum atomic E-state index is -1.06. The highest BCUT2D eigenvalue weighted by Gasteiger charge is 2.29. The molecule has 0 aromatic heterocycles. The van der Waals surface area contributed by atoms with Crippen molar-refractivity contribution in [1.29, 1.82) is 0 Å². The lowest BCUT2D eigenvalue weighted by atomic mass is 9.99. The molecule has 170 valence electrons. The van der Waals surface area contributed by atoms with E-state index in [9.17, 15) is 19.5 Å². The molecule has 2 aromatic rings. The highest BCUT2D eigenvalue weighted by Crippen LogP contribution is 2.35. The molecule has 0 spiro atoms. The first kappa shape index (κ1) is 25.1. The number of allylic oxidation sites excluding steroid dienone is 1. The van der Waals surface area contributed by atoms with E-state index in [0.29, 0.717) is 34.1 Å². The van der Waals surface area contributed by atoms with Gasteiger partial charge in [0.25, 0.3) is 0 Å². The molecule has 0 saturated heterocycles. The molecule has 0 bridgehead atoms. The molecule has 8 nitrogen and oxygen atoms in total. The third-order valence-electron chi connectivity index (χ3n) is 4.59. The number of hydrogen-bond acceptors (Lipinski definition) is 6. The summed E-state index contributed by atoms with van der Waals surface area (Å²) in [5, 5.41) is 21.7. The molecular formula is C23H24BrNO7. The lowest BCUT2D eigenvalue weighted by molar-refractivity contribution is -0.131. The Hall–Kier alpha value is -3.17. The third-order valence-corrected chi connectivity index (χ3v) is 5.08. The molecule has 1 amide bonds. The Bertz CT molecular complexity index is 988. The second kappa shape index (κ2) is 12.0. The van der Waals surface area contributed by atoms with Crippen LogP contribution in [0.4, 0.5) is 10.5 Å². The number of ketones is 1. The van der Waals surface area contributed by atoms with Crippen molar-refractivity contribution in [3.63, 3.8) is 0 Å². The highest BCUT2D eigenvalue weighted by molar-refractivity contribution is 9.10. The molecule has 2 aromatic carbocycles. The molecule has 0 radical (unpaired) electrons. The Morgan fingerprint density at radius 2 is 1.84 bits per heavy atom. The van der Waals surface area contributed by atoms with Crippen molar-refractivity contribution >= 4 is 39.5 Å². The maximum absolute atomic E-state index is 12.6. The Labute approximate surface area is 194 Å². The lowest BCUT2D eigenvalue weighted by Gasteiger charge is -2.27. The van der Waals surface area contributed by atoms with Crippen LogP contribution >= 0.6 is 15.9 Å². The molecule has 0 aliphatic heterocycles. The van der Waals surface area contributed by atoms with E-state index in [1.54, 1.807) is 36.4 Å². The fraction of sp³-hybridized carbons (Fsp3) is 0.261. The Kier molecular flexibility index (Phi) is 9.42. The molecule has 0 aliphatic carbocycles. The standard InChI is InChI=1S/C23H24BrNO7/c1-14(26)15-7-10-17(11-8-15)25-23(30)32-22(18-13-16(24)9-12-19(18)27)20(31-2)5-3-4-6-21(28)29/h4,6-13,20,22,27H,3,5H2,1-2H3,(H,25,30)(H,28,29)/b6-4+/t20-,22-/m1/s1. The maximum atomic E-state index is 12.6. The summed E-state index contributed by atoms with van der Waals surface area (Å²) in [5.41, 5.74) is 1.26. The van der Waals surface area contributed by atoms with Crippen molar-refractivity contribution in [3.05, 3.63) is 70.2 Å². The number of carbonyl (C=O) groups excluding carboxylic acids is 2. The summed E-state index contributed by atoms with van der Waals surface area (Å²) >= 11 is 3.34. The summed E-state index contributed by atoms with van der Waals surface area (Å²) in [7, 11) is 1.44. The number of amides is 1. The van der Waals surface area contributed by atoms with Crippen molar-refractivity contribution in [3.8, 4) is 5.75 Å². The van der Waals surface area contributed by atoms with Gasteiger partial charge in [0.2, 0.25) is 0 Å². The van der Waals surface area contributed by atoms with Gasteiger partial charge in [-0.2, -0.15) is 0 Å². The maximum Gasteiger partial charge on any atom is 0.412 e. The van der Waals surface area contributed by atoms with Gasteiger partial charge in [-0.1, -0.05) is 22.0 Å². The normalized spacial score (nSPS) is 12.8. The van der Waals surface area contributed by atoms with Crippen LogP contribution in [0.25, 0.3) is 0 Å². The minimum absolute atomic E-state index is 0.0834. The van der Waals surface area contributed by atoms with Gasteiger partial charge in [0.1, 0.15) is 5.75 Å². The molecular weight excluding hydrogens is 482 g/mol. The average Bonchev–Trinajstić information content (AvgIpc) is 2.74. The monoisotopic (exact) mass is 505 g/mol. The summed E-state index contributed by atoms with van der Waals surface area (Å²) in [6.45, 7) is 1.45. The fourth-order valence-corrected chi connectivity index (χ4v) is 3.36. The summed E-state index contributed by atoms with van der Waals surface area (Å²) in [6, 6.07) is 11.1. The van der Waals surface area contributed by atoms with E-state index in [2.05, 4.69) is 21.2 Å². The van der Waals surface area contributed by atoms with E-state index in [-0.39, 0.29) is 11.5 Å². The first-order valence-corrected chi connectivity index (χ1v) is 10.5. The van der Waals surface area contributed by atoms with Gasteiger partial charge < -0.3 is 19.7 Å². The van der Waals surface area contributed by atoms with Crippen molar-refractivity contribution in [2.24, 2.45) is 0 Å². The number of ether oxygens (including phenoxy) is 2. The van der Waals surface area contributed by atoms with Crippen LogP contribution in [0.1, 0.15) is 41.8 Å². The molecule has 0 unspecified atom stereocenters. The number of phenols is 1. The number of benzene rings is 2. The summed E-state index contributed by atoms with van der Waals surface area (Å²) in [5.74, 6) is -1.24. The van der Waals surface area contributed by atoms with Crippen LogP contribution < -0.4 is 5.32 Å². The van der Waals surface area contributed by atoms with Gasteiger partial charge in [-0.3, -0.25) is 10.1 Å². The van der Waals surface area contributed by atoms with Crippen LogP contribution in [-0.2, 0) is 14.3 Å². The number of aliphatic carboxylic acids is 1. The number of halogens is 1. The number of carboxylic acid groups (broad SMARTS) is 1. The number of phenolic OH excluding ortho intramolecular Hbond substituents is 1. The average molecular weight is 506 g/mol. The van der Waals surface area contributed by atoms with E-state index in [0.717, 1.165) is 6.08 Å². The molecule has 9 heteroatoms. The Morgan fingerprint density at radius 1 is 1.16 bits per heavy atom. The van der Waals surface area contributed by atoms with E-state index < -0.39 is 24.3 Å². The van der Waals surface area contributed by atoms with Gasteiger partial charge >= 0.3 is 12.1 Å². The van der Waals surface area contributed by atoms with Gasteiger partial charge in [0, 0.05) is 34.5 Å². The summed E-state index contributed by atoms with van der Waals surface area (Å²) < 4.78 is 11.8. The largest absolute Gasteiger partial charge is 0.508 e. The molecule has 0 heterocycles. The summed E-state index contributed by atoms with van der Waals surface area (Å²) in [6.07, 6.45) is 0.754. The number of hydrogen-bond donors (Lipinski definition) is 3. The topological polar surface area (TPSA) is 122 Å². The van der Waals surface area contributed by atoms with Crippen molar-refractivity contribution < 1.29 is 34.1 Å². The number of anilines is 1. The third kappa shape index (κ3) is 7.51. The number of methoxy groups -OCH3 is 1. The van der Waals surface area contributed by atoms with Crippen LogP contribution in [0.3, 0.4) is 0 Å². The summed E-state index contributed by atoms with van der Waals surface area (Å²) in [4.78, 5) is 34.7. The van der Waals surface area contributed by atoms with Crippen LogP contribution in [-0.4, -0.2) is 41.3 Å². The second-order valence-electron chi connectivity index (χ2n) is 6.88. The van der Waals surface area contributed by atoms with Crippen LogP contribution in [0.15, 0.2) is 59.1 Å². The van der Waals surface area contributed by atoms with Gasteiger partial charge in [0.15, 0.2) is 11.9 Å². The number of carboxylic acids is 1. The molecule has 32 heavy (non-hydrogen) atoms. The fourth-order valence-electron chi connectivity index (χ4n) is 2.98. The van der Waals surface area contributed by atoms with Crippen LogP contribution in [0.5, 0.6) is 5.75 Å².